The molecule has 0 aliphatic heterocycles. The monoisotopic (exact) mass is 668 g/mol. The Kier molecular flexibility index (Phi) is 6.80. The van der Waals surface area contributed by atoms with E-state index in [9.17, 15) is 0 Å². The maximum Gasteiger partial charge on any atom is 0.143 e. The first kappa shape index (κ1) is 29.7. The van der Waals surface area contributed by atoms with Crippen molar-refractivity contribution < 1.29 is 4.42 Å². The number of benzene rings is 8. The van der Waals surface area contributed by atoms with Gasteiger partial charge in [0, 0.05) is 31.5 Å². The molecule has 1 nitrogen and oxygen atoms in total. The molecule has 0 saturated heterocycles. The quantitative estimate of drug-likeness (QED) is 0.131. The van der Waals surface area contributed by atoms with Crippen LogP contribution in [0.5, 0.6) is 0 Å². The van der Waals surface area contributed by atoms with Crippen LogP contribution in [0.4, 0.5) is 0 Å². The van der Waals surface area contributed by atoms with Crippen LogP contribution in [-0.2, 0) is 0 Å². The Bertz CT molecular complexity index is 3000. The van der Waals surface area contributed by atoms with E-state index in [0.717, 1.165) is 33.1 Å². The molecule has 0 unspecified atom stereocenters. The predicted octanol–water partition coefficient (Wildman–Crippen LogP) is 14.5. The highest BCUT2D eigenvalue weighted by Crippen LogP contribution is 2.49. The normalized spacial score (nSPS) is 12.2. The summed E-state index contributed by atoms with van der Waals surface area (Å²) in [7, 11) is 0. The van der Waals surface area contributed by atoms with Crippen LogP contribution in [0.1, 0.15) is 16.0 Å². The molecule has 0 spiro atoms. The summed E-state index contributed by atoms with van der Waals surface area (Å²) in [6, 6.07) is 55.0. The van der Waals surface area contributed by atoms with Gasteiger partial charge in [-0.3, -0.25) is 0 Å². The number of thiophene rings is 1. The molecule has 2 heteroatoms. The molecule has 0 radical (unpaired) electrons. The van der Waals surface area contributed by atoms with Gasteiger partial charge in [0.2, 0.25) is 0 Å². The Morgan fingerprint density at radius 1 is 0.588 bits per heavy atom. The minimum absolute atomic E-state index is 0.883. The summed E-state index contributed by atoms with van der Waals surface area (Å²) in [6.45, 7) is 6.37. The molecule has 8 aromatic carbocycles. The minimum atomic E-state index is 0.883. The highest BCUT2D eigenvalue weighted by atomic mass is 32.1. The van der Waals surface area contributed by atoms with Crippen molar-refractivity contribution in [2.75, 3.05) is 0 Å². The van der Waals surface area contributed by atoms with Gasteiger partial charge in [-0.25, -0.2) is 0 Å². The van der Waals surface area contributed by atoms with Gasteiger partial charge < -0.3 is 4.42 Å². The minimum Gasteiger partial charge on any atom is -0.455 e. The summed E-state index contributed by atoms with van der Waals surface area (Å²) >= 11 is 1.83. The fourth-order valence-corrected chi connectivity index (χ4v) is 9.41. The Morgan fingerprint density at radius 2 is 1.20 bits per heavy atom. The lowest BCUT2D eigenvalue weighted by Crippen LogP contribution is -1.93. The smallest absolute Gasteiger partial charge is 0.143 e. The third kappa shape index (κ3) is 4.54. The fourth-order valence-electron chi connectivity index (χ4n) is 8.16. The highest BCUT2D eigenvalue weighted by molar-refractivity contribution is 7.20. The van der Waals surface area contributed by atoms with Gasteiger partial charge in [-0.15, -0.1) is 11.3 Å². The van der Waals surface area contributed by atoms with Crippen LogP contribution in [0.25, 0.3) is 92.2 Å². The second-order valence-electron chi connectivity index (χ2n) is 13.2. The summed E-state index contributed by atoms with van der Waals surface area (Å²) in [4.78, 5) is 1.24. The lowest BCUT2D eigenvalue weighted by molar-refractivity contribution is 0.668. The van der Waals surface area contributed by atoms with Crippen LogP contribution < -0.4 is 0 Å². The first-order chi connectivity index (χ1) is 25.2. The van der Waals surface area contributed by atoms with Gasteiger partial charge in [-0.05, 0) is 96.7 Å². The average Bonchev–Trinajstić information content (AvgIpc) is 3.74. The molecule has 10 rings (SSSR count). The van der Waals surface area contributed by atoms with E-state index in [2.05, 4.69) is 171 Å². The Balaban J connectivity index is 1.30. The summed E-state index contributed by atoms with van der Waals surface area (Å²) in [6.07, 6.45) is 4.04. The largest absolute Gasteiger partial charge is 0.455 e. The maximum atomic E-state index is 6.90. The van der Waals surface area contributed by atoms with Crippen molar-refractivity contribution in [2.45, 2.75) is 6.92 Å². The standard InChI is InChI=1S/C49H32OS/c1-3-14-40(49-30(2)34-17-11-13-24-44(34)51-49)39-27-28-42(47-41-22-10-12-23-43(41)50-48(39)47)46-37-20-8-6-18-35(37)45(36-19-7-9-21-38(36)46)33-26-25-31-15-4-5-16-32(31)29-33/h3-29H,1H2,2H3/b40-14-. The van der Waals surface area contributed by atoms with E-state index in [0.29, 0.717) is 0 Å². The molecular formula is C49H32OS. The van der Waals surface area contributed by atoms with Crippen molar-refractivity contribution >= 4 is 81.3 Å². The van der Waals surface area contributed by atoms with Gasteiger partial charge in [-0.2, -0.15) is 0 Å². The average molecular weight is 669 g/mol. The first-order valence-corrected chi connectivity index (χ1v) is 18.2. The van der Waals surface area contributed by atoms with Crippen molar-refractivity contribution in [2.24, 2.45) is 0 Å². The summed E-state index contributed by atoms with van der Waals surface area (Å²) < 4.78 is 8.18. The van der Waals surface area contributed by atoms with Crippen molar-refractivity contribution in [1.82, 2.24) is 0 Å². The van der Waals surface area contributed by atoms with Gasteiger partial charge >= 0.3 is 0 Å². The van der Waals surface area contributed by atoms with Crippen molar-refractivity contribution in [3.8, 4) is 22.3 Å². The molecule has 0 fully saturated rings. The number of hydrogen-bond acceptors (Lipinski definition) is 2. The molecule has 0 aliphatic carbocycles. The van der Waals surface area contributed by atoms with E-state index in [1.54, 1.807) is 0 Å². The molecule has 0 saturated carbocycles. The lowest BCUT2D eigenvalue weighted by Gasteiger charge is -2.19. The molecule has 2 heterocycles. The molecule has 10 aromatic rings. The number of para-hydroxylation sites is 1. The third-order valence-electron chi connectivity index (χ3n) is 10.4. The van der Waals surface area contributed by atoms with Crippen LogP contribution >= 0.6 is 11.3 Å². The van der Waals surface area contributed by atoms with Crippen LogP contribution in [-0.4, -0.2) is 0 Å². The summed E-state index contributed by atoms with van der Waals surface area (Å²) in [5, 5.41) is 10.9. The van der Waals surface area contributed by atoms with Gasteiger partial charge in [0.1, 0.15) is 11.2 Å². The van der Waals surface area contributed by atoms with E-state index in [-0.39, 0.29) is 0 Å². The number of aryl methyl sites for hydroxylation is 1. The van der Waals surface area contributed by atoms with Gasteiger partial charge in [0.25, 0.3) is 0 Å². The molecule has 0 amide bonds. The van der Waals surface area contributed by atoms with Gasteiger partial charge in [0.05, 0.1) is 0 Å². The molecule has 0 N–H and O–H groups in total. The molecule has 240 valence electrons. The van der Waals surface area contributed by atoms with E-state index >= 15 is 0 Å². The zero-order valence-corrected chi connectivity index (χ0v) is 28.9. The van der Waals surface area contributed by atoms with Crippen LogP contribution in [0.15, 0.2) is 175 Å². The highest BCUT2D eigenvalue weighted by Gasteiger charge is 2.24. The Hall–Kier alpha value is -6.22. The molecule has 0 bridgehead atoms. The summed E-state index contributed by atoms with van der Waals surface area (Å²) in [5.74, 6) is 0. The predicted molar refractivity (Wildman–Crippen MR) is 221 cm³/mol. The van der Waals surface area contributed by atoms with Crippen LogP contribution in [0, 0.1) is 6.92 Å². The van der Waals surface area contributed by atoms with Crippen molar-refractivity contribution in [3.63, 3.8) is 0 Å². The SMILES string of the molecule is C=C/C=C(\c1sc2ccccc2c1C)c1ccc(-c2c3ccccc3c(-c3ccc4ccccc4c3)c3ccccc23)c2c1oc1ccccc12. The topological polar surface area (TPSA) is 13.1 Å². The van der Waals surface area contributed by atoms with Crippen LogP contribution in [0.3, 0.4) is 0 Å². The molecule has 0 aliphatic rings. The third-order valence-corrected chi connectivity index (χ3v) is 11.7. The van der Waals surface area contributed by atoms with Crippen molar-refractivity contribution in [1.29, 1.82) is 0 Å². The molecule has 51 heavy (non-hydrogen) atoms. The molecule has 2 aromatic heterocycles. The number of hydrogen-bond donors (Lipinski definition) is 0. The van der Waals surface area contributed by atoms with E-state index in [4.69, 9.17) is 4.42 Å². The zero-order valence-electron chi connectivity index (χ0n) is 28.1. The molecule has 0 atom stereocenters. The number of fused-ring (bicyclic) bond motifs is 7. The molecular weight excluding hydrogens is 637 g/mol. The summed E-state index contributed by atoms with van der Waals surface area (Å²) in [5.41, 5.74) is 10.1. The second kappa shape index (κ2) is 11.7. The number of allylic oxidation sites excluding steroid dienone is 2. The van der Waals surface area contributed by atoms with Crippen molar-refractivity contribution in [3.05, 3.63) is 186 Å². The Labute approximate surface area is 300 Å². The van der Waals surface area contributed by atoms with E-state index in [1.165, 1.54) is 75.1 Å². The van der Waals surface area contributed by atoms with Crippen LogP contribution in [0.2, 0.25) is 0 Å². The number of furan rings is 1. The first-order valence-electron chi connectivity index (χ1n) is 17.4. The van der Waals surface area contributed by atoms with Gasteiger partial charge in [-0.1, -0.05) is 146 Å². The fraction of sp³-hybridized carbons (Fsp3) is 0.0204. The van der Waals surface area contributed by atoms with Gasteiger partial charge in [0.15, 0.2) is 0 Å². The van der Waals surface area contributed by atoms with E-state index < -0.39 is 0 Å². The van der Waals surface area contributed by atoms with E-state index in [1.807, 2.05) is 17.4 Å². The second-order valence-corrected chi connectivity index (χ2v) is 14.3. The number of rotatable bonds is 5. The zero-order chi connectivity index (χ0) is 34.1. The Morgan fingerprint density at radius 3 is 1.90 bits per heavy atom. The maximum absolute atomic E-state index is 6.90. The lowest BCUT2D eigenvalue weighted by atomic mass is 9.84.